The Kier molecular flexibility index (Phi) is 4.32. The summed E-state index contributed by atoms with van der Waals surface area (Å²) in [4.78, 5) is 19.4. The summed E-state index contributed by atoms with van der Waals surface area (Å²) in [5.74, 6) is 0.511. The highest BCUT2D eigenvalue weighted by Crippen LogP contribution is 2.24. The Morgan fingerprint density at radius 3 is 2.76 bits per heavy atom. The molecule has 0 amide bonds. The maximum Gasteiger partial charge on any atom is 0.142 e. The summed E-state index contributed by atoms with van der Waals surface area (Å²) >= 11 is 0. The number of nitrogens with zero attached hydrogens (tertiary/aromatic N) is 3. The number of hydrogen-bond donors (Lipinski definition) is 1. The molecular formula is C20H22N4O. The molecule has 4 rings (SSSR count). The second-order valence-corrected chi connectivity index (χ2v) is 6.95. The number of nitrogens with one attached hydrogen (secondary N) is 1. The molecule has 1 aromatic carbocycles. The standard InChI is InChI=1S/C20H22N4O/c1-24-6-4-14(5-7-24)20(25)10-19-9-17-8-15(18-12-22-23-13-18)2-3-16(17)11-21-19/h2-3,8-9,11-14H,4-7,10H2,1H3,(H,22,23). The van der Waals surface area contributed by atoms with Gasteiger partial charge < -0.3 is 4.90 Å². The Morgan fingerprint density at radius 2 is 2.00 bits per heavy atom. The molecule has 0 atom stereocenters. The van der Waals surface area contributed by atoms with Gasteiger partial charge in [-0.2, -0.15) is 5.10 Å². The van der Waals surface area contributed by atoms with E-state index >= 15 is 0 Å². The predicted octanol–water partition coefficient (Wildman–Crippen LogP) is 3.08. The summed E-state index contributed by atoms with van der Waals surface area (Å²) in [6.07, 6.45) is 7.92. The highest BCUT2D eigenvalue weighted by Gasteiger charge is 2.23. The number of aromatic amines is 1. The molecule has 0 radical (unpaired) electrons. The largest absolute Gasteiger partial charge is 0.306 e. The second-order valence-electron chi connectivity index (χ2n) is 6.95. The van der Waals surface area contributed by atoms with E-state index < -0.39 is 0 Å². The van der Waals surface area contributed by atoms with Gasteiger partial charge in [-0.15, -0.1) is 0 Å². The number of fused-ring (bicyclic) bond motifs is 1. The first-order valence-corrected chi connectivity index (χ1v) is 8.78. The minimum absolute atomic E-state index is 0.186. The molecule has 1 aliphatic rings. The molecule has 0 saturated carbocycles. The van der Waals surface area contributed by atoms with Crippen LogP contribution in [0.3, 0.4) is 0 Å². The number of likely N-dealkylation sites (tertiary alicyclic amines) is 1. The van der Waals surface area contributed by atoms with Crippen LogP contribution in [-0.4, -0.2) is 46.0 Å². The van der Waals surface area contributed by atoms with Crippen molar-refractivity contribution in [2.75, 3.05) is 20.1 Å². The molecule has 0 spiro atoms. The summed E-state index contributed by atoms with van der Waals surface area (Å²) in [5.41, 5.74) is 3.03. The van der Waals surface area contributed by atoms with Gasteiger partial charge in [-0.05, 0) is 56.1 Å². The van der Waals surface area contributed by atoms with E-state index in [1.54, 1.807) is 0 Å². The summed E-state index contributed by atoms with van der Waals surface area (Å²) in [6.45, 7) is 2.02. The van der Waals surface area contributed by atoms with Crippen molar-refractivity contribution < 1.29 is 4.79 Å². The first-order chi connectivity index (χ1) is 12.2. The number of ketones is 1. The van der Waals surface area contributed by atoms with E-state index in [1.165, 1.54) is 0 Å². The number of H-pyrrole nitrogens is 1. The third-order valence-corrected chi connectivity index (χ3v) is 5.14. The highest BCUT2D eigenvalue weighted by molar-refractivity contribution is 5.88. The number of rotatable bonds is 4. The topological polar surface area (TPSA) is 61.9 Å². The average molecular weight is 334 g/mol. The fourth-order valence-electron chi connectivity index (χ4n) is 3.52. The number of aromatic nitrogens is 3. The molecule has 1 saturated heterocycles. The van der Waals surface area contributed by atoms with E-state index in [1.807, 2.05) is 24.7 Å². The van der Waals surface area contributed by atoms with E-state index in [2.05, 4.69) is 45.3 Å². The lowest BCUT2D eigenvalue weighted by Crippen LogP contribution is -2.34. The normalized spacial score (nSPS) is 16.4. The van der Waals surface area contributed by atoms with E-state index in [9.17, 15) is 4.79 Å². The molecule has 5 nitrogen and oxygen atoms in total. The second kappa shape index (κ2) is 6.76. The summed E-state index contributed by atoms with van der Waals surface area (Å²) in [7, 11) is 2.11. The summed E-state index contributed by atoms with van der Waals surface area (Å²) in [6, 6.07) is 8.31. The zero-order chi connectivity index (χ0) is 17.2. The minimum Gasteiger partial charge on any atom is -0.306 e. The van der Waals surface area contributed by atoms with Crippen LogP contribution in [0.5, 0.6) is 0 Å². The van der Waals surface area contributed by atoms with Crippen molar-refractivity contribution in [1.29, 1.82) is 0 Å². The molecule has 128 valence electrons. The van der Waals surface area contributed by atoms with Gasteiger partial charge in [0.25, 0.3) is 0 Å². The van der Waals surface area contributed by atoms with Gasteiger partial charge in [0.15, 0.2) is 0 Å². The van der Waals surface area contributed by atoms with Crippen LogP contribution in [0.2, 0.25) is 0 Å². The third-order valence-electron chi connectivity index (χ3n) is 5.14. The highest BCUT2D eigenvalue weighted by atomic mass is 16.1. The molecule has 1 fully saturated rings. The molecule has 0 bridgehead atoms. The van der Waals surface area contributed by atoms with Gasteiger partial charge in [0.1, 0.15) is 5.78 Å². The van der Waals surface area contributed by atoms with Crippen LogP contribution in [0, 0.1) is 5.92 Å². The molecule has 3 aromatic rings. The van der Waals surface area contributed by atoms with Crippen molar-refractivity contribution in [3.05, 3.63) is 48.5 Å². The molecule has 25 heavy (non-hydrogen) atoms. The molecule has 1 aliphatic heterocycles. The lowest BCUT2D eigenvalue weighted by molar-refractivity contribution is -0.123. The van der Waals surface area contributed by atoms with Gasteiger partial charge >= 0.3 is 0 Å². The first kappa shape index (κ1) is 16.0. The van der Waals surface area contributed by atoms with Crippen LogP contribution < -0.4 is 0 Å². The maximum atomic E-state index is 12.6. The van der Waals surface area contributed by atoms with E-state index in [4.69, 9.17) is 0 Å². The van der Waals surface area contributed by atoms with Crippen molar-refractivity contribution >= 4 is 16.6 Å². The number of pyridine rings is 1. The third kappa shape index (κ3) is 3.46. The fraction of sp³-hybridized carbons (Fsp3) is 0.350. The van der Waals surface area contributed by atoms with Crippen molar-refractivity contribution in [3.8, 4) is 11.1 Å². The van der Waals surface area contributed by atoms with Gasteiger partial charge in [0.05, 0.1) is 6.20 Å². The molecule has 5 heteroatoms. The number of Topliss-reactive ketones (excluding diaryl/α,β-unsaturated/α-hetero) is 1. The van der Waals surface area contributed by atoms with Crippen LogP contribution in [0.4, 0.5) is 0 Å². The minimum atomic E-state index is 0.186. The molecule has 0 unspecified atom stereocenters. The van der Waals surface area contributed by atoms with Crippen LogP contribution in [0.1, 0.15) is 18.5 Å². The van der Waals surface area contributed by atoms with Crippen LogP contribution in [0.15, 0.2) is 42.9 Å². The molecule has 1 N–H and O–H groups in total. The lowest BCUT2D eigenvalue weighted by atomic mass is 9.90. The predicted molar refractivity (Wildman–Crippen MR) is 98.3 cm³/mol. The molecule has 2 aromatic heterocycles. The number of carbonyl (C=O) groups excluding carboxylic acids is 1. The average Bonchev–Trinajstić information content (AvgIpc) is 3.16. The van der Waals surface area contributed by atoms with Gasteiger partial charge in [-0.25, -0.2) is 0 Å². The Balaban J connectivity index is 1.54. The fourth-order valence-corrected chi connectivity index (χ4v) is 3.52. The number of benzene rings is 1. The molecular weight excluding hydrogens is 312 g/mol. The number of piperidine rings is 1. The Morgan fingerprint density at radius 1 is 1.16 bits per heavy atom. The Bertz CT molecular complexity index is 880. The zero-order valence-corrected chi connectivity index (χ0v) is 14.4. The van der Waals surface area contributed by atoms with Crippen LogP contribution in [-0.2, 0) is 11.2 Å². The monoisotopic (exact) mass is 334 g/mol. The van der Waals surface area contributed by atoms with Gasteiger partial charge in [0, 0.05) is 41.4 Å². The quantitative estimate of drug-likeness (QED) is 0.796. The van der Waals surface area contributed by atoms with Crippen LogP contribution in [0.25, 0.3) is 21.9 Å². The smallest absolute Gasteiger partial charge is 0.142 e. The maximum absolute atomic E-state index is 12.6. The summed E-state index contributed by atoms with van der Waals surface area (Å²) < 4.78 is 0. The van der Waals surface area contributed by atoms with Gasteiger partial charge in [0.2, 0.25) is 0 Å². The van der Waals surface area contributed by atoms with E-state index in [0.717, 1.165) is 53.5 Å². The van der Waals surface area contributed by atoms with Gasteiger partial charge in [-0.3, -0.25) is 14.9 Å². The first-order valence-electron chi connectivity index (χ1n) is 8.78. The van der Waals surface area contributed by atoms with Crippen molar-refractivity contribution in [3.63, 3.8) is 0 Å². The Labute approximate surface area is 147 Å². The van der Waals surface area contributed by atoms with Crippen molar-refractivity contribution in [2.45, 2.75) is 19.3 Å². The van der Waals surface area contributed by atoms with Crippen molar-refractivity contribution in [2.24, 2.45) is 5.92 Å². The molecule has 3 heterocycles. The SMILES string of the molecule is CN1CCC(C(=O)Cc2cc3cc(-c4cn[nH]c4)ccc3cn2)CC1. The van der Waals surface area contributed by atoms with Crippen LogP contribution >= 0.6 is 0 Å². The number of hydrogen-bond acceptors (Lipinski definition) is 4. The summed E-state index contributed by atoms with van der Waals surface area (Å²) in [5, 5.41) is 9.05. The number of carbonyl (C=O) groups is 1. The zero-order valence-electron chi connectivity index (χ0n) is 14.4. The Hall–Kier alpha value is -2.53. The molecule has 0 aliphatic carbocycles. The van der Waals surface area contributed by atoms with E-state index in [0.29, 0.717) is 12.2 Å². The lowest BCUT2D eigenvalue weighted by Gasteiger charge is -2.27. The van der Waals surface area contributed by atoms with E-state index in [-0.39, 0.29) is 5.92 Å². The van der Waals surface area contributed by atoms with Gasteiger partial charge in [-0.1, -0.05) is 12.1 Å². The van der Waals surface area contributed by atoms with Crippen molar-refractivity contribution in [1.82, 2.24) is 20.1 Å².